The van der Waals surface area contributed by atoms with E-state index in [4.69, 9.17) is 5.73 Å². The van der Waals surface area contributed by atoms with Gasteiger partial charge >= 0.3 is 6.18 Å². The largest absolute Gasteiger partial charge is 0.411 e. The second kappa shape index (κ2) is 6.49. The van der Waals surface area contributed by atoms with Crippen molar-refractivity contribution < 1.29 is 17.9 Å². The summed E-state index contributed by atoms with van der Waals surface area (Å²) in [4.78, 5) is 4.18. The van der Waals surface area contributed by atoms with Crippen molar-refractivity contribution in [3.63, 3.8) is 0 Å². The van der Waals surface area contributed by atoms with Gasteiger partial charge in [0.1, 0.15) is 11.6 Å². The molecule has 3 nitrogen and oxygen atoms in total. The molecule has 1 rings (SSSR count). The first kappa shape index (κ1) is 15.4. The first-order valence-corrected chi connectivity index (χ1v) is 6.50. The van der Waals surface area contributed by atoms with E-state index in [1.54, 1.807) is 5.38 Å². The van der Waals surface area contributed by atoms with E-state index in [0.717, 1.165) is 12.1 Å². The Morgan fingerprint density at radius 3 is 2.67 bits per heavy atom. The Labute approximate surface area is 108 Å². The lowest BCUT2D eigenvalue weighted by Gasteiger charge is -2.11. The zero-order valence-corrected chi connectivity index (χ0v) is 11.1. The predicted octanol–water partition coefficient (Wildman–Crippen LogP) is 3.27. The van der Waals surface area contributed by atoms with E-state index in [2.05, 4.69) is 23.6 Å². The summed E-state index contributed by atoms with van der Waals surface area (Å²) >= 11 is 1.27. The Kier molecular flexibility index (Phi) is 5.55. The zero-order valence-electron chi connectivity index (χ0n) is 10.3. The number of rotatable bonds is 6. The van der Waals surface area contributed by atoms with Crippen LogP contribution in [0.25, 0.3) is 0 Å². The highest BCUT2D eigenvalue weighted by Crippen LogP contribution is 2.22. The van der Waals surface area contributed by atoms with E-state index in [1.165, 1.54) is 11.3 Å². The molecule has 1 aromatic heterocycles. The highest BCUT2D eigenvalue weighted by Gasteiger charge is 2.27. The van der Waals surface area contributed by atoms with Gasteiger partial charge in [-0.25, -0.2) is 4.98 Å². The Balaban J connectivity index is 2.43. The minimum absolute atomic E-state index is 0.126. The summed E-state index contributed by atoms with van der Waals surface area (Å²) in [6.45, 7) is 2.73. The van der Waals surface area contributed by atoms with Gasteiger partial charge in [-0.2, -0.15) is 13.2 Å². The summed E-state index contributed by atoms with van der Waals surface area (Å²) in [5.74, 6) is 0.451. The van der Waals surface area contributed by atoms with Gasteiger partial charge < -0.3 is 10.5 Å². The molecule has 0 aliphatic heterocycles. The third-order valence-corrected chi connectivity index (χ3v) is 3.01. The van der Waals surface area contributed by atoms with Gasteiger partial charge in [-0.15, -0.1) is 11.3 Å². The van der Waals surface area contributed by atoms with Gasteiger partial charge in [-0.05, 0) is 12.3 Å². The van der Waals surface area contributed by atoms with Crippen molar-refractivity contribution in [1.29, 1.82) is 0 Å². The number of alkyl halides is 3. The van der Waals surface area contributed by atoms with Crippen LogP contribution in [0.3, 0.4) is 0 Å². The highest BCUT2D eigenvalue weighted by molar-refractivity contribution is 7.09. The standard InChI is InChI=1S/C11H17F3N2OS/c1-7(2)3-8(15)9-5-18-10(16-9)4-17-6-11(12,13)14/h5,7-8H,3-4,6,15H2,1-2H3. The van der Waals surface area contributed by atoms with Crippen molar-refractivity contribution in [2.75, 3.05) is 6.61 Å². The summed E-state index contributed by atoms with van der Waals surface area (Å²) in [5, 5.41) is 2.30. The second-order valence-electron chi connectivity index (χ2n) is 4.51. The van der Waals surface area contributed by atoms with Crippen LogP contribution in [0.5, 0.6) is 0 Å². The van der Waals surface area contributed by atoms with Crippen LogP contribution in [0.4, 0.5) is 13.2 Å². The molecule has 1 heterocycles. The Bertz CT molecular complexity index is 365. The zero-order chi connectivity index (χ0) is 13.8. The van der Waals surface area contributed by atoms with Gasteiger partial charge in [0.25, 0.3) is 0 Å². The summed E-state index contributed by atoms with van der Waals surface area (Å²) in [6.07, 6.45) is -3.50. The van der Waals surface area contributed by atoms with Crippen LogP contribution in [0.2, 0.25) is 0 Å². The minimum Gasteiger partial charge on any atom is -0.365 e. The molecule has 0 saturated carbocycles. The fourth-order valence-electron chi connectivity index (χ4n) is 1.44. The number of nitrogens with zero attached hydrogens (tertiary/aromatic N) is 1. The Hall–Kier alpha value is -0.660. The van der Waals surface area contributed by atoms with Crippen molar-refractivity contribution >= 4 is 11.3 Å². The van der Waals surface area contributed by atoms with Crippen LogP contribution >= 0.6 is 11.3 Å². The SMILES string of the molecule is CC(C)CC(N)c1csc(COCC(F)(F)F)n1. The Morgan fingerprint density at radius 1 is 1.44 bits per heavy atom. The molecule has 0 radical (unpaired) electrons. The number of hydrogen-bond donors (Lipinski definition) is 1. The average molecular weight is 282 g/mol. The molecular weight excluding hydrogens is 265 g/mol. The monoisotopic (exact) mass is 282 g/mol. The van der Waals surface area contributed by atoms with Crippen molar-refractivity contribution in [2.24, 2.45) is 11.7 Å². The van der Waals surface area contributed by atoms with Crippen LogP contribution in [0.15, 0.2) is 5.38 Å². The first-order valence-electron chi connectivity index (χ1n) is 5.62. The molecule has 0 aliphatic carbocycles. The predicted molar refractivity (Wildman–Crippen MR) is 64.2 cm³/mol. The van der Waals surface area contributed by atoms with Crippen molar-refractivity contribution in [2.45, 2.75) is 39.1 Å². The van der Waals surface area contributed by atoms with Gasteiger partial charge in [0.05, 0.1) is 12.3 Å². The highest BCUT2D eigenvalue weighted by atomic mass is 32.1. The summed E-state index contributed by atoms with van der Waals surface area (Å²) < 4.78 is 40.2. The molecule has 0 amide bonds. The molecule has 1 atom stereocenters. The number of ether oxygens (including phenoxy) is 1. The van der Waals surface area contributed by atoms with Gasteiger partial charge in [0.2, 0.25) is 0 Å². The molecule has 0 bridgehead atoms. The van der Waals surface area contributed by atoms with E-state index in [1.807, 2.05) is 0 Å². The fraction of sp³-hybridized carbons (Fsp3) is 0.727. The molecule has 0 fully saturated rings. The molecule has 18 heavy (non-hydrogen) atoms. The maximum absolute atomic E-state index is 11.9. The summed E-state index contributed by atoms with van der Waals surface area (Å²) in [7, 11) is 0. The van der Waals surface area contributed by atoms with Gasteiger partial charge in [0.15, 0.2) is 0 Å². The topological polar surface area (TPSA) is 48.1 Å². The third kappa shape index (κ3) is 5.79. The molecule has 1 aromatic rings. The summed E-state index contributed by atoms with van der Waals surface area (Å²) in [5.41, 5.74) is 6.65. The minimum atomic E-state index is -4.30. The van der Waals surface area contributed by atoms with Gasteiger partial charge in [0, 0.05) is 11.4 Å². The number of hydrogen-bond acceptors (Lipinski definition) is 4. The molecule has 0 spiro atoms. The van der Waals surface area contributed by atoms with E-state index in [9.17, 15) is 13.2 Å². The molecule has 0 aliphatic rings. The smallest absolute Gasteiger partial charge is 0.365 e. The summed E-state index contributed by atoms with van der Waals surface area (Å²) in [6, 6.07) is -0.169. The number of aromatic nitrogens is 1. The van der Waals surface area contributed by atoms with Gasteiger partial charge in [-0.1, -0.05) is 13.8 Å². The lowest BCUT2D eigenvalue weighted by atomic mass is 10.0. The van der Waals surface area contributed by atoms with E-state index < -0.39 is 12.8 Å². The quantitative estimate of drug-likeness (QED) is 0.871. The Morgan fingerprint density at radius 2 is 2.11 bits per heavy atom. The fourth-order valence-corrected chi connectivity index (χ4v) is 2.24. The lowest BCUT2D eigenvalue weighted by Crippen LogP contribution is -2.17. The average Bonchev–Trinajstić information content (AvgIpc) is 2.63. The van der Waals surface area contributed by atoms with Crippen LogP contribution in [-0.4, -0.2) is 17.8 Å². The van der Waals surface area contributed by atoms with Crippen molar-refractivity contribution in [3.05, 3.63) is 16.1 Å². The van der Waals surface area contributed by atoms with E-state index in [0.29, 0.717) is 10.9 Å². The normalized spacial score (nSPS) is 14.2. The molecule has 0 aromatic carbocycles. The second-order valence-corrected chi connectivity index (χ2v) is 5.45. The van der Waals surface area contributed by atoms with Crippen LogP contribution in [0.1, 0.15) is 37.0 Å². The van der Waals surface area contributed by atoms with Gasteiger partial charge in [-0.3, -0.25) is 0 Å². The number of thiazole rings is 1. The van der Waals surface area contributed by atoms with Crippen LogP contribution in [0, 0.1) is 5.92 Å². The molecular formula is C11H17F3N2OS. The number of nitrogens with two attached hydrogens (primary N) is 1. The van der Waals surface area contributed by atoms with Crippen molar-refractivity contribution in [1.82, 2.24) is 4.98 Å². The lowest BCUT2D eigenvalue weighted by molar-refractivity contribution is -0.176. The molecule has 104 valence electrons. The van der Waals surface area contributed by atoms with E-state index in [-0.39, 0.29) is 12.6 Å². The molecule has 1 unspecified atom stereocenters. The van der Waals surface area contributed by atoms with Crippen LogP contribution < -0.4 is 5.73 Å². The van der Waals surface area contributed by atoms with Crippen molar-refractivity contribution in [3.8, 4) is 0 Å². The first-order chi connectivity index (χ1) is 8.28. The van der Waals surface area contributed by atoms with Crippen LogP contribution in [-0.2, 0) is 11.3 Å². The maximum atomic E-state index is 11.9. The number of halogens is 3. The van der Waals surface area contributed by atoms with E-state index >= 15 is 0 Å². The maximum Gasteiger partial charge on any atom is 0.411 e. The molecule has 7 heteroatoms. The molecule has 0 saturated heterocycles. The third-order valence-electron chi connectivity index (χ3n) is 2.17. The molecule has 2 N–H and O–H groups in total.